The Labute approximate surface area is 183 Å². The second kappa shape index (κ2) is 11.4. The van der Waals surface area contributed by atoms with Crippen LogP contribution < -0.4 is 10.6 Å². The van der Waals surface area contributed by atoms with Crippen LogP contribution in [0.5, 0.6) is 0 Å². The van der Waals surface area contributed by atoms with Gasteiger partial charge in [-0.2, -0.15) is 0 Å². The number of hydrogen-bond acceptors (Lipinski definition) is 3. The molecule has 2 aromatic rings. The number of rotatable bonds is 7. The van der Waals surface area contributed by atoms with Crippen LogP contribution in [-0.2, 0) is 6.42 Å². The van der Waals surface area contributed by atoms with Crippen LogP contribution in [0, 0.1) is 12.7 Å². The summed E-state index contributed by atoms with van der Waals surface area (Å²) in [5.74, 6) is 1.57. The number of hydrogen-bond donors (Lipinski definition) is 2. The molecule has 1 fully saturated rings. The number of likely N-dealkylation sites (tertiary alicyclic amines) is 1. The first-order chi connectivity index (χ1) is 13.2. The molecule has 1 aliphatic rings. The Morgan fingerprint density at radius 2 is 2.04 bits per heavy atom. The van der Waals surface area contributed by atoms with E-state index in [-0.39, 0.29) is 35.8 Å². The van der Waals surface area contributed by atoms with Gasteiger partial charge < -0.3 is 15.1 Å². The van der Waals surface area contributed by atoms with Gasteiger partial charge in [-0.1, -0.05) is 6.07 Å². The number of nitrogens with one attached hydrogen (secondary N) is 2. The fourth-order valence-electron chi connectivity index (χ4n) is 3.61. The first-order valence-corrected chi connectivity index (χ1v) is 9.64. The van der Waals surface area contributed by atoms with Crippen molar-refractivity contribution in [2.75, 3.05) is 33.2 Å². The van der Waals surface area contributed by atoms with Crippen molar-refractivity contribution in [3.63, 3.8) is 0 Å². The highest BCUT2D eigenvalue weighted by molar-refractivity contribution is 14.0. The first kappa shape index (κ1) is 22.7. The molecule has 2 heterocycles. The van der Waals surface area contributed by atoms with Gasteiger partial charge in [0.25, 0.3) is 0 Å². The maximum atomic E-state index is 13.2. The molecular formula is C21H30FIN4O. The van der Waals surface area contributed by atoms with E-state index in [0.717, 1.165) is 55.4 Å². The number of benzene rings is 1. The molecular weight excluding hydrogens is 470 g/mol. The van der Waals surface area contributed by atoms with Crippen LogP contribution in [0.3, 0.4) is 0 Å². The molecule has 0 aliphatic carbocycles. The van der Waals surface area contributed by atoms with Gasteiger partial charge in [-0.15, -0.1) is 24.0 Å². The van der Waals surface area contributed by atoms with E-state index in [1.165, 1.54) is 18.9 Å². The minimum Gasteiger partial charge on any atom is -0.468 e. The van der Waals surface area contributed by atoms with Crippen LogP contribution in [0.25, 0.3) is 0 Å². The Morgan fingerprint density at radius 3 is 2.68 bits per heavy atom. The SMILES string of the molecule is CN=C(NCCc1ccc(F)cc1C)NCC(c1ccco1)N1CCCC1.I. The molecule has 0 bridgehead atoms. The average Bonchev–Trinajstić information content (AvgIpc) is 3.36. The van der Waals surface area contributed by atoms with E-state index in [4.69, 9.17) is 4.42 Å². The lowest BCUT2D eigenvalue weighted by atomic mass is 10.1. The monoisotopic (exact) mass is 500 g/mol. The molecule has 0 amide bonds. The largest absolute Gasteiger partial charge is 0.468 e. The summed E-state index contributed by atoms with van der Waals surface area (Å²) in [4.78, 5) is 6.78. The molecule has 0 saturated carbocycles. The molecule has 2 N–H and O–H groups in total. The number of aliphatic imine (C=N–C) groups is 1. The van der Waals surface area contributed by atoms with E-state index in [0.29, 0.717) is 0 Å². The van der Waals surface area contributed by atoms with Crippen molar-refractivity contribution in [1.82, 2.24) is 15.5 Å². The second-order valence-electron chi connectivity index (χ2n) is 6.97. The van der Waals surface area contributed by atoms with Crippen molar-refractivity contribution in [2.45, 2.75) is 32.2 Å². The standard InChI is InChI=1S/C21H29FN4O.HI/c1-16-14-18(22)8-7-17(16)9-10-24-21(23-2)25-15-19(20-6-5-13-27-20)26-11-3-4-12-26;/h5-8,13-14,19H,3-4,9-12,15H2,1-2H3,(H2,23,24,25);1H. The van der Waals surface area contributed by atoms with Crippen molar-refractivity contribution in [3.8, 4) is 0 Å². The van der Waals surface area contributed by atoms with Crippen molar-refractivity contribution < 1.29 is 8.81 Å². The molecule has 7 heteroatoms. The normalized spacial score (nSPS) is 15.9. The first-order valence-electron chi connectivity index (χ1n) is 9.64. The smallest absolute Gasteiger partial charge is 0.191 e. The summed E-state index contributed by atoms with van der Waals surface area (Å²) in [6, 6.07) is 9.13. The van der Waals surface area contributed by atoms with Gasteiger partial charge in [-0.05, 0) is 74.7 Å². The highest BCUT2D eigenvalue weighted by Gasteiger charge is 2.25. The van der Waals surface area contributed by atoms with Gasteiger partial charge in [-0.25, -0.2) is 4.39 Å². The predicted octanol–water partition coefficient (Wildman–Crippen LogP) is 3.89. The van der Waals surface area contributed by atoms with E-state index in [1.54, 1.807) is 19.4 Å². The lowest BCUT2D eigenvalue weighted by molar-refractivity contribution is 0.215. The zero-order chi connectivity index (χ0) is 19.1. The minimum absolute atomic E-state index is 0. The number of guanidine groups is 1. The van der Waals surface area contributed by atoms with E-state index in [9.17, 15) is 4.39 Å². The minimum atomic E-state index is -0.187. The summed E-state index contributed by atoms with van der Waals surface area (Å²) >= 11 is 0. The van der Waals surface area contributed by atoms with Crippen molar-refractivity contribution in [3.05, 3.63) is 59.3 Å². The summed E-state index contributed by atoms with van der Waals surface area (Å²) in [5, 5.41) is 6.77. The van der Waals surface area contributed by atoms with Gasteiger partial charge in [0.05, 0.1) is 12.3 Å². The van der Waals surface area contributed by atoms with E-state index in [2.05, 4.69) is 20.5 Å². The van der Waals surface area contributed by atoms with Crippen molar-refractivity contribution in [2.24, 2.45) is 4.99 Å². The highest BCUT2D eigenvalue weighted by atomic mass is 127. The maximum absolute atomic E-state index is 13.2. The topological polar surface area (TPSA) is 52.8 Å². The van der Waals surface area contributed by atoms with Crippen molar-refractivity contribution >= 4 is 29.9 Å². The Hall–Kier alpha value is -1.61. The third-order valence-corrected chi connectivity index (χ3v) is 5.13. The third-order valence-electron chi connectivity index (χ3n) is 5.13. The summed E-state index contributed by atoms with van der Waals surface area (Å²) in [6.07, 6.45) is 5.03. The molecule has 5 nitrogen and oxygen atoms in total. The van der Waals surface area contributed by atoms with Gasteiger partial charge in [0.2, 0.25) is 0 Å². The van der Waals surface area contributed by atoms with Crippen LogP contribution in [0.4, 0.5) is 4.39 Å². The van der Waals surface area contributed by atoms with E-state index >= 15 is 0 Å². The van der Waals surface area contributed by atoms with E-state index < -0.39 is 0 Å². The number of aryl methyl sites for hydroxylation is 1. The molecule has 1 saturated heterocycles. The van der Waals surface area contributed by atoms with Gasteiger partial charge >= 0.3 is 0 Å². The molecule has 3 rings (SSSR count). The maximum Gasteiger partial charge on any atom is 0.191 e. The third kappa shape index (κ3) is 6.20. The summed E-state index contributed by atoms with van der Waals surface area (Å²) in [5.41, 5.74) is 2.12. The molecule has 0 spiro atoms. The number of nitrogens with zero attached hydrogens (tertiary/aromatic N) is 2. The zero-order valence-corrected chi connectivity index (χ0v) is 18.9. The number of furan rings is 1. The van der Waals surface area contributed by atoms with Gasteiger partial charge in [-0.3, -0.25) is 9.89 Å². The molecule has 1 atom stereocenters. The van der Waals surface area contributed by atoms with Crippen LogP contribution in [-0.4, -0.2) is 44.1 Å². The van der Waals surface area contributed by atoms with Gasteiger partial charge in [0, 0.05) is 20.1 Å². The van der Waals surface area contributed by atoms with Crippen LogP contribution in [0.2, 0.25) is 0 Å². The van der Waals surface area contributed by atoms with Gasteiger partial charge in [0.1, 0.15) is 11.6 Å². The van der Waals surface area contributed by atoms with Crippen LogP contribution in [0.1, 0.15) is 35.8 Å². The molecule has 1 aromatic heterocycles. The Kier molecular flexibility index (Phi) is 9.24. The Balaban J connectivity index is 0.00000280. The quantitative estimate of drug-likeness (QED) is 0.344. The second-order valence-corrected chi connectivity index (χ2v) is 6.97. The summed E-state index contributed by atoms with van der Waals surface area (Å²) < 4.78 is 18.9. The Morgan fingerprint density at radius 1 is 1.25 bits per heavy atom. The fourth-order valence-corrected chi connectivity index (χ4v) is 3.61. The van der Waals surface area contributed by atoms with Crippen molar-refractivity contribution in [1.29, 1.82) is 0 Å². The van der Waals surface area contributed by atoms with Crippen LogP contribution >= 0.6 is 24.0 Å². The summed E-state index contributed by atoms with van der Waals surface area (Å²) in [7, 11) is 1.77. The molecule has 154 valence electrons. The Bertz CT molecular complexity index is 745. The molecule has 28 heavy (non-hydrogen) atoms. The predicted molar refractivity (Wildman–Crippen MR) is 122 cm³/mol. The molecule has 1 aromatic carbocycles. The highest BCUT2D eigenvalue weighted by Crippen LogP contribution is 2.24. The van der Waals surface area contributed by atoms with E-state index in [1.807, 2.05) is 25.1 Å². The average molecular weight is 500 g/mol. The summed E-state index contributed by atoms with van der Waals surface area (Å²) in [6.45, 7) is 5.62. The zero-order valence-electron chi connectivity index (χ0n) is 16.6. The molecule has 1 unspecified atom stereocenters. The lowest BCUT2D eigenvalue weighted by Gasteiger charge is -2.26. The molecule has 0 radical (unpaired) electrons. The fraction of sp³-hybridized carbons (Fsp3) is 0.476. The van der Waals surface area contributed by atoms with Crippen LogP contribution in [0.15, 0.2) is 46.0 Å². The molecule has 1 aliphatic heterocycles. The lowest BCUT2D eigenvalue weighted by Crippen LogP contribution is -2.43. The van der Waals surface area contributed by atoms with Gasteiger partial charge in [0.15, 0.2) is 5.96 Å². The number of halogens is 2.